The van der Waals surface area contributed by atoms with E-state index in [1.54, 1.807) is 6.07 Å². The summed E-state index contributed by atoms with van der Waals surface area (Å²) in [5.74, 6) is 1.99. The van der Waals surface area contributed by atoms with Crippen molar-refractivity contribution in [3.8, 4) is 0 Å². The first kappa shape index (κ1) is 18.3. The van der Waals surface area contributed by atoms with E-state index in [1.807, 2.05) is 24.8 Å². The summed E-state index contributed by atoms with van der Waals surface area (Å²) in [4.78, 5) is 15.7. The van der Waals surface area contributed by atoms with Crippen molar-refractivity contribution in [3.05, 3.63) is 24.0 Å². The van der Waals surface area contributed by atoms with Gasteiger partial charge in [0.25, 0.3) is 0 Å². The summed E-state index contributed by atoms with van der Waals surface area (Å²) >= 11 is 1.97. The molecule has 138 valence electrons. The van der Waals surface area contributed by atoms with Crippen LogP contribution in [-0.4, -0.2) is 56.4 Å². The normalized spacial score (nSPS) is 21.8. The Morgan fingerprint density at radius 1 is 1.32 bits per heavy atom. The van der Waals surface area contributed by atoms with E-state index in [0.717, 1.165) is 44.0 Å². The van der Waals surface area contributed by atoms with E-state index >= 15 is 0 Å². The Kier molecular flexibility index (Phi) is 6.42. The summed E-state index contributed by atoms with van der Waals surface area (Å²) in [5, 5.41) is 3.17. The number of nitrogens with zero attached hydrogens (tertiary/aromatic N) is 2. The van der Waals surface area contributed by atoms with Gasteiger partial charge in [-0.05, 0) is 49.1 Å². The number of hydrogen-bond acceptors (Lipinski definition) is 5. The minimum Gasteiger partial charge on any atom is -0.443 e. The second-order valence-corrected chi connectivity index (χ2v) is 7.59. The molecule has 2 fully saturated rings. The summed E-state index contributed by atoms with van der Waals surface area (Å²) in [5.41, 5.74) is 1.19. The van der Waals surface area contributed by atoms with E-state index in [-0.39, 0.29) is 11.9 Å². The van der Waals surface area contributed by atoms with Gasteiger partial charge in [-0.15, -0.1) is 0 Å². The van der Waals surface area contributed by atoms with Gasteiger partial charge in [-0.3, -0.25) is 4.90 Å². The summed E-state index contributed by atoms with van der Waals surface area (Å²) in [6, 6.07) is 5.08. The fraction of sp³-hybridized carbons (Fsp3) is 0.611. The zero-order valence-corrected chi connectivity index (χ0v) is 15.5. The van der Waals surface area contributed by atoms with Gasteiger partial charge in [0.15, 0.2) is 0 Å². The number of carbonyl (C=O) groups excluding carboxylic acids is 1. The highest BCUT2D eigenvalue weighted by molar-refractivity contribution is 7.99. The summed E-state index contributed by atoms with van der Waals surface area (Å²) < 4.78 is 20.0. The zero-order chi connectivity index (χ0) is 17.6. The number of cyclic esters (lactones) is 1. The van der Waals surface area contributed by atoms with Gasteiger partial charge in [-0.1, -0.05) is 6.92 Å². The molecule has 0 radical (unpaired) electrons. The SMILES string of the molecule is CCNC[C@H]1CN(c2ccc(N3CCCSCCC3)c(F)c2)C(=O)O1. The van der Waals surface area contributed by atoms with Crippen molar-refractivity contribution < 1.29 is 13.9 Å². The lowest BCUT2D eigenvalue weighted by atomic mass is 10.2. The third-order valence-electron chi connectivity index (χ3n) is 4.51. The number of likely N-dealkylation sites (N-methyl/N-ethyl adjacent to an activating group) is 1. The Bertz CT molecular complexity index is 594. The molecule has 5 nitrogen and oxygen atoms in total. The number of thioether (sulfide) groups is 1. The molecule has 1 atom stereocenters. The lowest BCUT2D eigenvalue weighted by molar-refractivity contribution is 0.140. The topological polar surface area (TPSA) is 44.8 Å². The first-order chi connectivity index (χ1) is 12.2. The number of anilines is 2. The highest BCUT2D eigenvalue weighted by Gasteiger charge is 2.32. The molecule has 1 N–H and O–H groups in total. The van der Waals surface area contributed by atoms with Crippen molar-refractivity contribution in [2.45, 2.75) is 25.9 Å². The molecular weight excluding hydrogens is 341 g/mol. The van der Waals surface area contributed by atoms with E-state index < -0.39 is 6.09 Å². The van der Waals surface area contributed by atoms with E-state index in [4.69, 9.17) is 4.74 Å². The minimum atomic E-state index is -0.404. The van der Waals surface area contributed by atoms with Crippen LogP contribution >= 0.6 is 11.8 Å². The number of ether oxygens (including phenoxy) is 1. The molecule has 2 heterocycles. The van der Waals surface area contributed by atoms with Crippen LogP contribution in [0, 0.1) is 5.82 Å². The van der Waals surface area contributed by atoms with Crippen LogP contribution in [0.3, 0.4) is 0 Å². The van der Waals surface area contributed by atoms with E-state index in [2.05, 4.69) is 10.2 Å². The van der Waals surface area contributed by atoms with Crippen LogP contribution in [0.25, 0.3) is 0 Å². The first-order valence-electron chi connectivity index (χ1n) is 9.00. The number of halogens is 1. The quantitative estimate of drug-likeness (QED) is 0.866. The molecule has 3 rings (SSSR count). The van der Waals surface area contributed by atoms with E-state index in [9.17, 15) is 9.18 Å². The predicted molar refractivity (Wildman–Crippen MR) is 101 cm³/mol. The molecule has 2 aliphatic rings. The summed E-state index contributed by atoms with van der Waals surface area (Å²) in [6.07, 6.45) is 1.53. The van der Waals surface area contributed by atoms with Crippen molar-refractivity contribution in [3.63, 3.8) is 0 Å². The number of nitrogens with one attached hydrogen (secondary N) is 1. The van der Waals surface area contributed by atoms with Crippen LogP contribution in [-0.2, 0) is 4.74 Å². The highest BCUT2D eigenvalue weighted by atomic mass is 32.2. The molecule has 1 aromatic rings. The number of amides is 1. The van der Waals surface area contributed by atoms with Gasteiger partial charge in [0.2, 0.25) is 0 Å². The van der Waals surface area contributed by atoms with E-state index in [0.29, 0.717) is 24.5 Å². The van der Waals surface area contributed by atoms with Crippen molar-refractivity contribution >= 4 is 29.2 Å². The first-order valence-corrected chi connectivity index (χ1v) is 10.2. The Morgan fingerprint density at radius 3 is 2.76 bits per heavy atom. The smallest absolute Gasteiger partial charge is 0.414 e. The molecule has 2 saturated heterocycles. The summed E-state index contributed by atoms with van der Waals surface area (Å²) in [7, 11) is 0. The predicted octanol–water partition coefficient (Wildman–Crippen LogP) is 3.09. The van der Waals surface area contributed by atoms with Gasteiger partial charge in [0.1, 0.15) is 11.9 Å². The Hall–Kier alpha value is -1.47. The molecule has 0 unspecified atom stereocenters. The Morgan fingerprint density at radius 2 is 2.08 bits per heavy atom. The maximum atomic E-state index is 14.7. The largest absolute Gasteiger partial charge is 0.443 e. The Labute approximate surface area is 152 Å². The molecule has 1 aromatic carbocycles. The average molecular weight is 367 g/mol. The highest BCUT2D eigenvalue weighted by Crippen LogP contribution is 2.29. The number of rotatable bonds is 5. The van der Waals surface area contributed by atoms with Gasteiger partial charge in [-0.25, -0.2) is 9.18 Å². The van der Waals surface area contributed by atoms with Gasteiger partial charge in [0, 0.05) is 19.6 Å². The molecule has 2 aliphatic heterocycles. The van der Waals surface area contributed by atoms with Crippen molar-refractivity contribution in [2.75, 3.05) is 54.0 Å². The minimum absolute atomic E-state index is 0.193. The number of carbonyl (C=O) groups is 1. The van der Waals surface area contributed by atoms with Crippen molar-refractivity contribution in [1.82, 2.24) is 5.32 Å². The van der Waals surface area contributed by atoms with Crippen LogP contribution in [0.15, 0.2) is 18.2 Å². The fourth-order valence-electron chi connectivity index (χ4n) is 3.23. The summed E-state index contributed by atoms with van der Waals surface area (Å²) in [6.45, 7) is 5.65. The molecule has 0 saturated carbocycles. The van der Waals surface area contributed by atoms with Gasteiger partial charge in [-0.2, -0.15) is 11.8 Å². The standard InChI is InChI=1S/C18H26FN3O2S/c1-2-20-12-15-13-22(18(23)24-15)14-5-6-17(16(19)11-14)21-7-3-9-25-10-4-8-21/h5-6,11,15,20H,2-4,7-10,12-13H2,1H3/t15-/m0/s1. The molecule has 0 spiro atoms. The molecule has 0 aromatic heterocycles. The molecule has 0 aliphatic carbocycles. The van der Waals surface area contributed by atoms with Crippen molar-refractivity contribution in [1.29, 1.82) is 0 Å². The van der Waals surface area contributed by atoms with Crippen LogP contribution in [0.2, 0.25) is 0 Å². The molecule has 0 bridgehead atoms. The molecule has 1 amide bonds. The second-order valence-electron chi connectivity index (χ2n) is 6.37. The number of benzene rings is 1. The van der Waals surface area contributed by atoms with Gasteiger partial charge < -0.3 is 15.0 Å². The Balaban J connectivity index is 1.70. The van der Waals surface area contributed by atoms with Gasteiger partial charge in [0.05, 0.1) is 17.9 Å². The van der Waals surface area contributed by atoms with E-state index in [1.165, 1.54) is 11.0 Å². The average Bonchev–Trinajstić information content (AvgIpc) is 2.94. The third-order valence-corrected chi connectivity index (χ3v) is 5.67. The lowest BCUT2D eigenvalue weighted by Gasteiger charge is -2.27. The van der Waals surface area contributed by atoms with Crippen LogP contribution in [0.5, 0.6) is 0 Å². The maximum absolute atomic E-state index is 14.7. The van der Waals surface area contributed by atoms with Crippen LogP contribution in [0.1, 0.15) is 19.8 Å². The molecular formula is C18H26FN3O2S. The van der Waals surface area contributed by atoms with Crippen LogP contribution in [0.4, 0.5) is 20.6 Å². The van der Waals surface area contributed by atoms with Gasteiger partial charge >= 0.3 is 6.09 Å². The van der Waals surface area contributed by atoms with Crippen molar-refractivity contribution in [2.24, 2.45) is 0 Å². The maximum Gasteiger partial charge on any atom is 0.414 e. The lowest BCUT2D eigenvalue weighted by Crippen LogP contribution is -2.31. The second kappa shape index (κ2) is 8.76. The molecule has 25 heavy (non-hydrogen) atoms. The molecule has 7 heteroatoms. The van der Waals surface area contributed by atoms with Crippen LogP contribution < -0.4 is 15.1 Å². The fourth-order valence-corrected chi connectivity index (χ4v) is 4.10. The monoisotopic (exact) mass is 367 g/mol. The third kappa shape index (κ3) is 4.58. The number of hydrogen-bond donors (Lipinski definition) is 1. The zero-order valence-electron chi connectivity index (χ0n) is 14.7.